The predicted molar refractivity (Wildman–Crippen MR) is 97.3 cm³/mol. The van der Waals surface area contributed by atoms with Crippen molar-refractivity contribution in [1.29, 1.82) is 0 Å². The van der Waals surface area contributed by atoms with Gasteiger partial charge >= 0.3 is 0 Å². The second-order valence-electron chi connectivity index (χ2n) is 7.85. The molecule has 1 aromatic carbocycles. The largest absolute Gasteiger partial charge is 0.256 e. The van der Waals surface area contributed by atoms with E-state index < -0.39 is 0 Å². The molecule has 5 rings (SSSR count). The molecule has 118 valence electrons. The summed E-state index contributed by atoms with van der Waals surface area (Å²) in [6.07, 6.45) is 12.0. The molecule has 3 fully saturated rings. The Kier molecular flexibility index (Phi) is 3.41. The highest BCUT2D eigenvalue weighted by Crippen LogP contribution is 2.57. The smallest absolute Gasteiger partial charge is 0.0702 e. The molecule has 1 nitrogen and oxygen atoms in total. The second kappa shape index (κ2) is 5.33. The molecule has 0 saturated heterocycles. The highest BCUT2D eigenvalue weighted by molar-refractivity contribution is 5.61. The average molecular weight is 303 g/mol. The summed E-state index contributed by atoms with van der Waals surface area (Å²) in [7, 11) is 0. The fourth-order valence-corrected chi connectivity index (χ4v) is 4.50. The van der Waals surface area contributed by atoms with E-state index in [1.807, 2.05) is 12.3 Å². The SMILES string of the molecule is C=Cc1ccc(-c2ccc(C34CCC(C)(CC3)CC4)cc2)nc1. The van der Waals surface area contributed by atoms with Crippen LogP contribution >= 0.6 is 0 Å². The Morgan fingerprint density at radius 1 is 0.913 bits per heavy atom. The van der Waals surface area contributed by atoms with Gasteiger partial charge in [0, 0.05) is 11.8 Å². The molecular weight excluding hydrogens is 278 g/mol. The summed E-state index contributed by atoms with van der Waals surface area (Å²) in [4.78, 5) is 4.55. The molecule has 2 bridgehead atoms. The first-order valence-electron chi connectivity index (χ1n) is 8.82. The molecule has 1 aromatic heterocycles. The molecule has 0 N–H and O–H groups in total. The fraction of sp³-hybridized carbons (Fsp3) is 0.409. The van der Waals surface area contributed by atoms with Crippen LogP contribution in [-0.2, 0) is 5.41 Å². The Morgan fingerprint density at radius 2 is 1.57 bits per heavy atom. The lowest BCUT2D eigenvalue weighted by Gasteiger charge is -2.52. The Labute approximate surface area is 139 Å². The van der Waals surface area contributed by atoms with Gasteiger partial charge in [-0.3, -0.25) is 4.98 Å². The van der Waals surface area contributed by atoms with E-state index in [-0.39, 0.29) is 0 Å². The van der Waals surface area contributed by atoms with E-state index in [0.717, 1.165) is 11.3 Å². The van der Waals surface area contributed by atoms with Gasteiger partial charge in [-0.15, -0.1) is 0 Å². The zero-order valence-corrected chi connectivity index (χ0v) is 14.0. The molecule has 0 amide bonds. The van der Waals surface area contributed by atoms with Gasteiger partial charge in [-0.1, -0.05) is 49.9 Å². The first kappa shape index (κ1) is 14.7. The number of nitrogens with zero attached hydrogens (tertiary/aromatic N) is 1. The maximum Gasteiger partial charge on any atom is 0.0702 e. The summed E-state index contributed by atoms with van der Waals surface area (Å²) in [6, 6.07) is 13.4. The average Bonchev–Trinajstić information content (AvgIpc) is 2.63. The summed E-state index contributed by atoms with van der Waals surface area (Å²) < 4.78 is 0. The van der Waals surface area contributed by atoms with Crippen LogP contribution in [0.15, 0.2) is 49.2 Å². The summed E-state index contributed by atoms with van der Waals surface area (Å²) in [5.74, 6) is 0. The normalized spacial score (nSPS) is 29.4. The van der Waals surface area contributed by atoms with Gasteiger partial charge in [0.05, 0.1) is 5.69 Å². The summed E-state index contributed by atoms with van der Waals surface area (Å²) >= 11 is 0. The van der Waals surface area contributed by atoms with Crippen LogP contribution < -0.4 is 0 Å². The predicted octanol–water partition coefficient (Wildman–Crippen LogP) is 6.00. The summed E-state index contributed by atoms with van der Waals surface area (Å²) in [6.45, 7) is 6.27. The quantitative estimate of drug-likeness (QED) is 0.677. The first-order chi connectivity index (χ1) is 11.1. The monoisotopic (exact) mass is 303 g/mol. The molecule has 0 unspecified atom stereocenters. The van der Waals surface area contributed by atoms with Crippen molar-refractivity contribution >= 4 is 6.08 Å². The molecule has 2 aromatic rings. The molecule has 1 heterocycles. The third-order valence-electron chi connectivity index (χ3n) is 6.44. The molecule has 3 saturated carbocycles. The fourth-order valence-electron chi connectivity index (χ4n) is 4.50. The van der Waals surface area contributed by atoms with Gasteiger partial charge in [0.1, 0.15) is 0 Å². The Balaban J connectivity index is 1.59. The Morgan fingerprint density at radius 3 is 2.09 bits per heavy atom. The maximum atomic E-state index is 4.55. The lowest BCUT2D eigenvalue weighted by Crippen LogP contribution is -2.42. The summed E-state index contributed by atoms with van der Waals surface area (Å²) in [5, 5.41) is 0. The maximum absolute atomic E-state index is 4.55. The number of hydrogen-bond acceptors (Lipinski definition) is 1. The minimum Gasteiger partial charge on any atom is -0.256 e. The minimum atomic E-state index is 0.455. The molecule has 3 aliphatic carbocycles. The van der Waals surface area contributed by atoms with Crippen LogP contribution in [0.2, 0.25) is 0 Å². The standard InChI is InChI=1S/C22H25N/c1-3-17-4-9-20(23-16-17)18-5-7-19(8-6-18)22-13-10-21(2,11-14-22)12-15-22/h3-9,16H,1,10-15H2,2H3. The molecular formula is C22H25N. The third kappa shape index (κ3) is 2.52. The van der Waals surface area contributed by atoms with Gasteiger partial charge in [0.15, 0.2) is 0 Å². The topological polar surface area (TPSA) is 12.9 Å². The van der Waals surface area contributed by atoms with Gasteiger partial charge in [0.25, 0.3) is 0 Å². The lowest BCUT2D eigenvalue weighted by atomic mass is 9.52. The lowest BCUT2D eigenvalue weighted by molar-refractivity contribution is 0.0556. The highest BCUT2D eigenvalue weighted by atomic mass is 14.7. The number of rotatable bonds is 3. The molecule has 1 heteroatoms. The van der Waals surface area contributed by atoms with Gasteiger partial charge in [0.2, 0.25) is 0 Å². The molecule has 3 aliphatic rings. The van der Waals surface area contributed by atoms with Crippen LogP contribution in [0.3, 0.4) is 0 Å². The van der Waals surface area contributed by atoms with Crippen molar-refractivity contribution in [3.63, 3.8) is 0 Å². The van der Waals surface area contributed by atoms with E-state index in [2.05, 4.69) is 54.9 Å². The van der Waals surface area contributed by atoms with Gasteiger partial charge in [-0.25, -0.2) is 0 Å². The molecule has 0 aliphatic heterocycles. The van der Waals surface area contributed by atoms with Gasteiger partial charge in [-0.2, -0.15) is 0 Å². The zero-order chi connectivity index (χ0) is 15.9. The van der Waals surface area contributed by atoms with Gasteiger partial charge < -0.3 is 0 Å². The van der Waals surface area contributed by atoms with E-state index in [9.17, 15) is 0 Å². The van der Waals surface area contributed by atoms with E-state index in [0.29, 0.717) is 10.8 Å². The van der Waals surface area contributed by atoms with Crippen molar-refractivity contribution in [3.8, 4) is 11.3 Å². The number of fused-ring (bicyclic) bond motifs is 3. The van der Waals surface area contributed by atoms with Crippen LogP contribution in [0, 0.1) is 5.41 Å². The molecule has 0 radical (unpaired) electrons. The number of pyridine rings is 1. The van der Waals surface area contributed by atoms with Crippen molar-refractivity contribution in [3.05, 3.63) is 60.3 Å². The van der Waals surface area contributed by atoms with Crippen molar-refractivity contribution in [2.75, 3.05) is 0 Å². The van der Waals surface area contributed by atoms with E-state index in [1.54, 1.807) is 5.56 Å². The van der Waals surface area contributed by atoms with Crippen LogP contribution in [0.4, 0.5) is 0 Å². The first-order valence-corrected chi connectivity index (χ1v) is 8.82. The second-order valence-corrected chi connectivity index (χ2v) is 7.85. The van der Waals surface area contributed by atoms with Crippen molar-refractivity contribution < 1.29 is 0 Å². The van der Waals surface area contributed by atoms with Crippen LogP contribution in [-0.4, -0.2) is 4.98 Å². The Hall–Kier alpha value is -1.89. The zero-order valence-electron chi connectivity index (χ0n) is 14.0. The number of benzene rings is 1. The van der Waals surface area contributed by atoms with E-state index >= 15 is 0 Å². The summed E-state index contributed by atoms with van der Waals surface area (Å²) in [5.41, 5.74) is 5.95. The number of aromatic nitrogens is 1. The highest BCUT2D eigenvalue weighted by Gasteiger charge is 2.46. The van der Waals surface area contributed by atoms with Crippen LogP contribution in [0.5, 0.6) is 0 Å². The Bertz CT molecular complexity index is 684. The van der Waals surface area contributed by atoms with Gasteiger partial charge in [-0.05, 0) is 66.5 Å². The van der Waals surface area contributed by atoms with Crippen molar-refractivity contribution in [2.24, 2.45) is 5.41 Å². The third-order valence-corrected chi connectivity index (χ3v) is 6.44. The number of hydrogen-bond donors (Lipinski definition) is 0. The molecule has 0 atom stereocenters. The van der Waals surface area contributed by atoms with Crippen LogP contribution in [0.25, 0.3) is 17.3 Å². The van der Waals surface area contributed by atoms with Crippen molar-refractivity contribution in [1.82, 2.24) is 4.98 Å². The molecule has 0 spiro atoms. The minimum absolute atomic E-state index is 0.455. The van der Waals surface area contributed by atoms with Crippen molar-refractivity contribution in [2.45, 2.75) is 50.9 Å². The van der Waals surface area contributed by atoms with E-state index in [4.69, 9.17) is 0 Å². The van der Waals surface area contributed by atoms with E-state index in [1.165, 1.54) is 44.1 Å². The van der Waals surface area contributed by atoms with Crippen LogP contribution in [0.1, 0.15) is 56.6 Å². The molecule has 23 heavy (non-hydrogen) atoms.